The molecule has 0 atom stereocenters. The molecule has 0 radical (unpaired) electrons. The third kappa shape index (κ3) is 3.71. The quantitative estimate of drug-likeness (QED) is 0.618. The van der Waals surface area contributed by atoms with Gasteiger partial charge in [-0.15, -0.1) is 0 Å². The molecule has 0 fully saturated rings. The van der Waals surface area contributed by atoms with Gasteiger partial charge in [0.15, 0.2) is 5.70 Å². The number of methoxy groups -OCH3 is 2. The summed E-state index contributed by atoms with van der Waals surface area (Å²) in [6.45, 7) is 2.10. The molecule has 0 N–H and O–H groups in total. The van der Waals surface area contributed by atoms with Crippen molar-refractivity contribution in [2.24, 2.45) is 4.99 Å². The first-order chi connectivity index (χ1) is 12.1. The van der Waals surface area contributed by atoms with Crippen molar-refractivity contribution < 1.29 is 19.0 Å². The number of ether oxygens (including phenoxy) is 3. The molecule has 0 bridgehead atoms. The van der Waals surface area contributed by atoms with Crippen molar-refractivity contribution in [3.05, 3.63) is 64.9 Å². The normalized spacial score (nSPS) is 15.1. The van der Waals surface area contributed by atoms with Crippen LogP contribution in [0.3, 0.4) is 0 Å². The standard InChI is InChI=1S/C20H19NO4/c1-4-13-5-7-14(8-6-13)9-18-20(22)25-19(21-18)15-10-16(23-2)12-17(11-15)24-3/h5-12H,4H2,1-3H3/b18-9+. The minimum Gasteiger partial charge on any atom is -0.497 e. The van der Waals surface area contributed by atoms with Crippen LogP contribution in [0.15, 0.2) is 53.2 Å². The topological polar surface area (TPSA) is 57.1 Å². The monoisotopic (exact) mass is 337 g/mol. The van der Waals surface area contributed by atoms with Crippen molar-refractivity contribution >= 4 is 17.9 Å². The second-order valence-corrected chi connectivity index (χ2v) is 5.53. The van der Waals surface area contributed by atoms with Crippen LogP contribution in [-0.2, 0) is 16.0 Å². The lowest BCUT2D eigenvalue weighted by molar-refractivity contribution is -0.129. The van der Waals surface area contributed by atoms with Crippen LogP contribution < -0.4 is 9.47 Å². The van der Waals surface area contributed by atoms with Crippen molar-refractivity contribution in [1.82, 2.24) is 0 Å². The van der Waals surface area contributed by atoms with Gasteiger partial charge in [0.1, 0.15) is 11.5 Å². The lowest BCUT2D eigenvalue weighted by Crippen LogP contribution is -2.06. The number of aliphatic imine (C=N–C) groups is 1. The number of rotatable bonds is 5. The van der Waals surface area contributed by atoms with Crippen molar-refractivity contribution in [1.29, 1.82) is 0 Å². The van der Waals surface area contributed by atoms with E-state index in [0.717, 1.165) is 12.0 Å². The Morgan fingerprint density at radius 2 is 1.68 bits per heavy atom. The van der Waals surface area contributed by atoms with Crippen molar-refractivity contribution in [2.45, 2.75) is 13.3 Å². The van der Waals surface area contributed by atoms with Crippen molar-refractivity contribution in [3.63, 3.8) is 0 Å². The Bertz CT molecular complexity index is 828. The molecule has 1 aliphatic rings. The molecule has 0 spiro atoms. The van der Waals surface area contributed by atoms with Gasteiger partial charge in [-0.05, 0) is 35.8 Å². The van der Waals surface area contributed by atoms with E-state index in [-0.39, 0.29) is 11.6 Å². The van der Waals surface area contributed by atoms with Crippen molar-refractivity contribution in [3.8, 4) is 11.5 Å². The Labute approximate surface area is 146 Å². The highest BCUT2D eigenvalue weighted by Gasteiger charge is 2.25. The molecule has 0 amide bonds. The molecule has 5 heteroatoms. The summed E-state index contributed by atoms with van der Waals surface area (Å²) >= 11 is 0. The summed E-state index contributed by atoms with van der Waals surface area (Å²) < 4.78 is 15.8. The summed E-state index contributed by atoms with van der Waals surface area (Å²) in [6.07, 6.45) is 2.69. The van der Waals surface area contributed by atoms with Crippen LogP contribution in [0.2, 0.25) is 0 Å². The zero-order valence-corrected chi connectivity index (χ0v) is 14.4. The summed E-state index contributed by atoms with van der Waals surface area (Å²) in [5.41, 5.74) is 3.02. The van der Waals surface area contributed by atoms with E-state index >= 15 is 0 Å². The SMILES string of the molecule is CCc1ccc(/C=C2/N=C(c3cc(OC)cc(OC)c3)OC2=O)cc1. The smallest absolute Gasteiger partial charge is 0.363 e. The number of esters is 1. The molecule has 1 aliphatic heterocycles. The predicted molar refractivity (Wildman–Crippen MR) is 96.0 cm³/mol. The third-order valence-electron chi connectivity index (χ3n) is 3.91. The molecule has 2 aromatic carbocycles. The highest BCUT2D eigenvalue weighted by molar-refractivity contribution is 6.13. The third-order valence-corrected chi connectivity index (χ3v) is 3.91. The zero-order valence-electron chi connectivity index (χ0n) is 14.4. The van der Waals surface area contributed by atoms with Gasteiger partial charge in [0.25, 0.3) is 0 Å². The number of carbonyl (C=O) groups excluding carboxylic acids is 1. The second kappa shape index (κ2) is 7.21. The number of cyclic esters (lactones) is 1. The molecular weight excluding hydrogens is 318 g/mol. The van der Waals surface area contributed by atoms with E-state index < -0.39 is 5.97 Å². The van der Waals surface area contributed by atoms with E-state index in [9.17, 15) is 4.79 Å². The van der Waals surface area contributed by atoms with Crippen LogP contribution in [0.25, 0.3) is 6.08 Å². The molecule has 0 saturated carbocycles. The molecular formula is C20H19NO4. The van der Waals surface area contributed by atoms with Gasteiger partial charge in [0.2, 0.25) is 5.90 Å². The summed E-state index contributed by atoms with van der Waals surface area (Å²) in [7, 11) is 3.12. The maximum Gasteiger partial charge on any atom is 0.363 e. The van der Waals surface area contributed by atoms with E-state index in [1.165, 1.54) is 5.56 Å². The lowest BCUT2D eigenvalue weighted by atomic mass is 10.1. The molecule has 128 valence electrons. The average molecular weight is 337 g/mol. The fourth-order valence-corrected chi connectivity index (χ4v) is 2.47. The largest absolute Gasteiger partial charge is 0.497 e. The van der Waals surface area contributed by atoms with E-state index in [4.69, 9.17) is 14.2 Å². The zero-order chi connectivity index (χ0) is 17.8. The second-order valence-electron chi connectivity index (χ2n) is 5.53. The van der Waals surface area contributed by atoms with Gasteiger partial charge in [0, 0.05) is 11.6 Å². The first kappa shape index (κ1) is 16.8. The Kier molecular flexibility index (Phi) is 4.84. The number of hydrogen-bond acceptors (Lipinski definition) is 5. The van der Waals surface area contributed by atoms with Gasteiger partial charge in [-0.2, -0.15) is 0 Å². The summed E-state index contributed by atoms with van der Waals surface area (Å²) in [5, 5.41) is 0. The van der Waals surface area contributed by atoms with Gasteiger partial charge in [-0.25, -0.2) is 9.79 Å². The fraction of sp³-hybridized carbons (Fsp3) is 0.200. The maximum absolute atomic E-state index is 12.1. The number of benzene rings is 2. The maximum atomic E-state index is 12.1. The Balaban J connectivity index is 1.93. The van der Waals surface area contributed by atoms with Gasteiger partial charge < -0.3 is 14.2 Å². The number of hydrogen-bond donors (Lipinski definition) is 0. The fourth-order valence-electron chi connectivity index (χ4n) is 2.47. The first-order valence-corrected chi connectivity index (χ1v) is 7.98. The van der Waals surface area contributed by atoms with E-state index in [1.807, 2.05) is 24.3 Å². The number of nitrogens with zero attached hydrogens (tertiary/aromatic N) is 1. The molecule has 1 heterocycles. The van der Waals surface area contributed by atoms with E-state index in [2.05, 4.69) is 11.9 Å². The summed E-state index contributed by atoms with van der Waals surface area (Å²) in [6, 6.07) is 13.2. The molecule has 0 unspecified atom stereocenters. The molecule has 25 heavy (non-hydrogen) atoms. The number of aryl methyl sites for hydroxylation is 1. The Morgan fingerprint density at radius 3 is 2.24 bits per heavy atom. The van der Waals surface area contributed by atoms with E-state index in [0.29, 0.717) is 17.1 Å². The van der Waals surface area contributed by atoms with Crippen LogP contribution >= 0.6 is 0 Å². The molecule has 0 saturated heterocycles. The first-order valence-electron chi connectivity index (χ1n) is 7.98. The molecule has 5 nitrogen and oxygen atoms in total. The van der Waals surface area contributed by atoms with E-state index in [1.54, 1.807) is 38.5 Å². The van der Waals surface area contributed by atoms with Gasteiger partial charge in [-0.1, -0.05) is 31.2 Å². The predicted octanol–water partition coefficient (Wildman–Crippen LogP) is 3.61. The highest BCUT2D eigenvalue weighted by Crippen LogP contribution is 2.26. The Hall–Kier alpha value is -3.08. The summed E-state index contributed by atoms with van der Waals surface area (Å²) in [5.74, 6) is 0.955. The van der Waals surface area contributed by atoms with Gasteiger partial charge >= 0.3 is 5.97 Å². The number of carbonyl (C=O) groups is 1. The molecule has 0 aliphatic carbocycles. The van der Waals surface area contributed by atoms with Gasteiger partial charge in [-0.3, -0.25) is 0 Å². The molecule has 0 aromatic heterocycles. The molecule has 3 rings (SSSR count). The van der Waals surface area contributed by atoms with Crippen LogP contribution in [0.1, 0.15) is 23.6 Å². The van der Waals surface area contributed by atoms with Crippen LogP contribution in [0.5, 0.6) is 11.5 Å². The minimum absolute atomic E-state index is 0.235. The van der Waals surface area contributed by atoms with Crippen LogP contribution in [0.4, 0.5) is 0 Å². The molecule has 2 aromatic rings. The average Bonchev–Trinajstić information content (AvgIpc) is 3.02. The van der Waals surface area contributed by atoms with Crippen LogP contribution in [-0.4, -0.2) is 26.1 Å². The van der Waals surface area contributed by atoms with Gasteiger partial charge in [0.05, 0.1) is 14.2 Å². The lowest BCUT2D eigenvalue weighted by Gasteiger charge is -2.07. The summed E-state index contributed by atoms with van der Waals surface area (Å²) in [4.78, 5) is 16.4. The van der Waals surface area contributed by atoms with Crippen molar-refractivity contribution in [2.75, 3.05) is 14.2 Å². The Morgan fingerprint density at radius 1 is 1.04 bits per heavy atom. The minimum atomic E-state index is -0.476. The highest BCUT2D eigenvalue weighted by atomic mass is 16.6. The van der Waals surface area contributed by atoms with Crippen LogP contribution in [0, 0.1) is 0 Å².